The van der Waals surface area contributed by atoms with Crippen molar-refractivity contribution in [1.29, 1.82) is 0 Å². The molecule has 2 saturated carbocycles. The van der Waals surface area contributed by atoms with E-state index in [0.29, 0.717) is 11.4 Å². The third kappa shape index (κ3) is 4.79. The number of nitrogens with zero attached hydrogens (tertiary/aromatic N) is 1. The van der Waals surface area contributed by atoms with E-state index in [1.807, 2.05) is 47.4 Å². The molecule has 2 aromatic rings. The minimum absolute atomic E-state index is 0.00903. The van der Waals surface area contributed by atoms with Crippen molar-refractivity contribution in [1.82, 2.24) is 10.2 Å². The van der Waals surface area contributed by atoms with Crippen LogP contribution in [0.4, 0.5) is 5.69 Å². The smallest absolute Gasteiger partial charge is 0.246 e. The first kappa shape index (κ1) is 27.2. The van der Waals surface area contributed by atoms with Crippen LogP contribution in [0.3, 0.4) is 0 Å². The fourth-order valence-electron chi connectivity index (χ4n) is 7.94. The van der Waals surface area contributed by atoms with Gasteiger partial charge in [-0.2, -0.15) is 0 Å². The number of hydrogen-bond acceptors (Lipinski definition) is 5. The number of benzene rings is 2. The molecule has 4 fully saturated rings. The van der Waals surface area contributed by atoms with Gasteiger partial charge in [-0.1, -0.05) is 68.9 Å². The lowest BCUT2D eigenvalue weighted by Gasteiger charge is -2.39. The zero-order chi connectivity index (χ0) is 28.7. The topological polar surface area (TPSA) is 97.0 Å². The van der Waals surface area contributed by atoms with Crippen LogP contribution in [0.2, 0.25) is 0 Å². The van der Waals surface area contributed by atoms with Crippen molar-refractivity contribution < 1.29 is 23.9 Å². The summed E-state index contributed by atoms with van der Waals surface area (Å²) in [6, 6.07) is 16.1. The van der Waals surface area contributed by atoms with Crippen molar-refractivity contribution >= 4 is 23.4 Å². The first-order valence-electron chi connectivity index (χ1n) is 15.7. The van der Waals surface area contributed by atoms with Crippen LogP contribution in [-0.4, -0.2) is 52.5 Å². The summed E-state index contributed by atoms with van der Waals surface area (Å²) in [5.74, 6) is -0.565. The van der Waals surface area contributed by atoms with E-state index in [-0.39, 0.29) is 29.8 Å². The number of likely N-dealkylation sites (tertiary alicyclic amines) is 1. The molecule has 0 unspecified atom stereocenters. The lowest BCUT2D eigenvalue weighted by atomic mass is 9.74. The average Bonchev–Trinajstić information content (AvgIpc) is 3.67. The van der Waals surface area contributed by atoms with Gasteiger partial charge >= 0.3 is 0 Å². The van der Waals surface area contributed by atoms with Crippen molar-refractivity contribution in [2.24, 2.45) is 11.8 Å². The number of anilines is 1. The van der Waals surface area contributed by atoms with Crippen LogP contribution in [0, 0.1) is 11.8 Å². The molecule has 8 nitrogen and oxygen atoms in total. The SMILES string of the molecule is O=C(Nc1ccc(Oc2ccccc2)cc1)[C@H]1[C@H]2C=C[C@@]3(O2)[C@H]1C(=O)N(C1CCCCC1)[C@@H]3C(=O)NC1CCCCC1. The van der Waals surface area contributed by atoms with Crippen LogP contribution < -0.4 is 15.4 Å². The van der Waals surface area contributed by atoms with E-state index in [9.17, 15) is 14.4 Å². The molecule has 5 atom stereocenters. The molecular formula is C34H39N3O5. The summed E-state index contributed by atoms with van der Waals surface area (Å²) in [6.07, 6.45) is 13.6. The third-order valence-corrected chi connectivity index (χ3v) is 9.88. The van der Waals surface area contributed by atoms with Gasteiger partial charge in [0.1, 0.15) is 23.1 Å². The number of nitrogens with one attached hydrogen (secondary N) is 2. The van der Waals surface area contributed by atoms with E-state index in [4.69, 9.17) is 9.47 Å². The minimum atomic E-state index is -1.12. The van der Waals surface area contributed by atoms with E-state index < -0.39 is 29.6 Å². The monoisotopic (exact) mass is 569 g/mol. The van der Waals surface area contributed by atoms with E-state index in [1.165, 1.54) is 6.42 Å². The summed E-state index contributed by atoms with van der Waals surface area (Å²) >= 11 is 0. The fourth-order valence-corrected chi connectivity index (χ4v) is 7.94. The zero-order valence-electron chi connectivity index (χ0n) is 23.9. The first-order valence-corrected chi connectivity index (χ1v) is 15.7. The maximum Gasteiger partial charge on any atom is 0.246 e. The Hall–Kier alpha value is -3.65. The third-order valence-electron chi connectivity index (χ3n) is 9.88. The largest absolute Gasteiger partial charge is 0.457 e. The Balaban J connectivity index is 1.12. The summed E-state index contributed by atoms with van der Waals surface area (Å²) in [4.78, 5) is 44.0. The van der Waals surface area contributed by atoms with Crippen LogP contribution in [-0.2, 0) is 19.1 Å². The van der Waals surface area contributed by atoms with E-state index >= 15 is 0 Å². The summed E-state index contributed by atoms with van der Waals surface area (Å²) in [5.41, 5.74) is -0.504. The van der Waals surface area contributed by atoms with Gasteiger partial charge in [0.05, 0.1) is 17.9 Å². The van der Waals surface area contributed by atoms with Crippen molar-refractivity contribution in [2.45, 2.75) is 94.0 Å². The predicted molar refractivity (Wildman–Crippen MR) is 158 cm³/mol. The fraction of sp³-hybridized carbons (Fsp3) is 0.500. The Labute approximate surface area is 246 Å². The number of carbonyl (C=O) groups excluding carboxylic acids is 3. The average molecular weight is 570 g/mol. The van der Waals surface area contributed by atoms with Crippen molar-refractivity contribution in [3.05, 3.63) is 66.7 Å². The predicted octanol–water partition coefficient (Wildman–Crippen LogP) is 5.35. The van der Waals surface area contributed by atoms with Gasteiger partial charge in [0.2, 0.25) is 17.7 Å². The van der Waals surface area contributed by atoms with Gasteiger partial charge < -0.3 is 25.0 Å². The summed E-state index contributed by atoms with van der Waals surface area (Å²) in [5, 5.41) is 6.30. The van der Waals surface area contributed by atoms with Gasteiger partial charge in [-0.05, 0) is 62.1 Å². The number of amides is 3. The Bertz CT molecular complexity index is 1350. The molecule has 2 aliphatic carbocycles. The molecule has 0 aromatic heterocycles. The van der Waals surface area contributed by atoms with Crippen LogP contribution in [0.5, 0.6) is 11.5 Å². The Kier molecular flexibility index (Phi) is 7.26. The summed E-state index contributed by atoms with van der Waals surface area (Å²) in [6.45, 7) is 0. The first-order chi connectivity index (χ1) is 20.5. The van der Waals surface area contributed by atoms with Gasteiger partial charge in [0.25, 0.3) is 0 Å². The zero-order valence-corrected chi connectivity index (χ0v) is 23.9. The van der Waals surface area contributed by atoms with Gasteiger partial charge in [-0.15, -0.1) is 0 Å². The van der Waals surface area contributed by atoms with Crippen LogP contribution in [0.25, 0.3) is 0 Å². The highest BCUT2D eigenvalue weighted by molar-refractivity contribution is 6.03. The van der Waals surface area contributed by atoms with Gasteiger partial charge in [0, 0.05) is 17.8 Å². The summed E-state index contributed by atoms with van der Waals surface area (Å²) in [7, 11) is 0. The Morgan fingerprint density at radius 3 is 2.21 bits per heavy atom. The summed E-state index contributed by atoms with van der Waals surface area (Å²) < 4.78 is 12.4. The molecule has 8 heteroatoms. The molecule has 2 saturated heterocycles. The molecule has 1 spiro atoms. The number of rotatable bonds is 7. The molecule has 220 valence electrons. The highest BCUT2D eigenvalue weighted by Gasteiger charge is 2.73. The van der Waals surface area contributed by atoms with Crippen molar-refractivity contribution in [2.75, 3.05) is 5.32 Å². The van der Waals surface area contributed by atoms with E-state index in [2.05, 4.69) is 10.6 Å². The highest BCUT2D eigenvalue weighted by Crippen LogP contribution is 2.56. The number of hydrogen-bond donors (Lipinski definition) is 2. The molecule has 42 heavy (non-hydrogen) atoms. The Morgan fingerprint density at radius 2 is 1.50 bits per heavy atom. The molecular weight excluding hydrogens is 530 g/mol. The molecule has 2 aromatic carbocycles. The molecule has 0 radical (unpaired) electrons. The lowest BCUT2D eigenvalue weighted by molar-refractivity contribution is -0.144. The number of fused-ring (bicyclic) bond motifs is 1. The van der Waals surface area contributed by atoms with E-state index in [1.54, 1.807) is 24.3 Å². The second-order valence-electron chi connectivity index (χ2n) is 12.5. The number of carbonyl (C=O) groups is 3. The van der Waals surface area contributed by atoms with Gasteiger partial charge in [-0.25, -0.2) is 0 Å². The second kappa shape index (κ2) is 11.2. The van der Waals surface area contributed by atoms with Gasteiger partial charge in [-0.3, -0.25) is 14.4 Å². The molecule has 2 N–H and O–H groups in total. The quantitative estimate of drug-likeness (QED) is 0.439. The minimum Gasteiger partial charge on any atom is -0.457 e. The normalized spacial score (nSPS) is 30.8. The van der Waals surface area contributed by atoms with Crippen LogP contribution in [0.15, 0.2) is 66.7 Å². The van der Waals surface area contributed by atoms with Crippen molar-refractivity contribution in [3.63, 3.8) is 0 Å². The molecule has 3 aliphatic heterocycles. The van der Waals surface area contributed by atoms with E-state index in [0.717, 1.165) is 63.5 Å². The second-order valence-corrected chi connectivity index (χ2v) is 12.5. The van der Waals surface area contributed by atoms with Crippen LogP contribution >= 0.6 is 0 Å². The van der Waals surface area contributed by atoms with Crippen molar-refractivity contribution in [3.8, 4) is 11.5 Å². The maximum atomic E-state index is 14.3. The maximum absolute atomic E-state index is 14.3. The number of ether oxygens (including phenoxy) is 2. The van der Waals surface area contributed by atoms with Gasteiger partial charge in [0.15, 0.2) is 0 Å². The molecule has 7 rings (SSSR count). The lowest BCUT2D eigenvalue weighted by Crippen LogP contribution is -2.58. The Morgan fingerprint density at radius 1 is 0.833 bits per heavy atom. The highest BCUT2D eigenvalue weighted by atomic mass is 16.5. The molecule has 5 aliphatic rings. The molecule has 2 bridgehead atoms. The number of para-hydroxylation sites is 1. The standard InChI is InChI=1S/C34H39N3O5/c38-31(35-23-16-18-26(19-17-23)41-25-14-8-3-9-15-25)28-27-20-21-34(42-27)29(28)33(40)37(24-12-6-2-7-13-24)30(34)32(39)36-22-10-4-1-5-11-22/h3,8-9,14-22,24,27-30H,1-2,4-7,10-13H2,(H,35,38)(H,36,39)/t27-,28+,29-,30-,34-/m1/s1. The van der Waals surface area contributed by atoms with Crippen LogP contribution in [0.1, 0.15) is 64.2 Å². The molecule has 3 amide bonds. The molecule has 3 heterocycles.